The molecule has 0 saturated carbocycles. The number of nitrogens with two attached hydrogens (primary N) is 1. The van der Waals surface area contributed by atoms with Gasteiger partial charge >= 0.3 is 0 Å². The van der Waals surface area contributed by atoms with Crippen molar-refractivity contribution in [2.24, 2.45) is 5.73 Å². The Morgan fingerprint density at radius 3 is 2.13 bits per heavy atom. The lowest BCUT2D eigenvalue weighted by Gasteiger charge is -2.14. The molecule has 0 aliphatic rings. The standard InChI is InChI=1S/C6H16N2O5S2/c1-5(9)6(7)3-8-15(12,13)4-14(2,10)11/h5-6,8-9H,3-4,7H2,1-2H3. The largest absolute Gasteiger partial charge is 0.392 e. The fraction of sp³-hybridized carbons (Fsp3) is 1.00. The number of sulfone groups is 1. The summed E-state index contributed by atoms with van der Waals surface area (Å²) in [5.74, 6) is 0. The first-order valence-electron chi connectivity index (χ1n) is 4.12. The van der Waals surface area contributed by atoms with Gasteiger partial charge in [-0.2, -0.15) is 0 Å². The highest BCUT2D eigenvalue weighted by molar-refractivity contribution is 8.06. The second-order valence-corrected chi connectivity index (χ2v) is 7.72. The summed E-state index contributed by atoms with van der Waals surface area (Å²) in [5, 5.41) is 7.99. The van der Waals surface area contributed by atoms with Gasteiger partial charge < -0.3 is 10.8 Å². The zero-order valence-electron chi connectivity index (χ0n) is 8.54. The number of hydrogen-bond donors (Lipinski definition) is 3. The average Bonchev–Trinajstić information content (AvgIpc) is 1.95. The molecule has 0 rings (SSSR count). The SMILES string of the molecule is CC(O)C(N)CNS(=O)(=O)CS(C)(=O)=O. The molecule has 0 aromatic heterocycles. The van der Waals surface area contributed by atoms with Crippen LogP contribution in [0, 0.1) is 0 Å². The van der Waals surface area contributed by atoms with E-state index in [-0.39, 0.29) is 6.54 Å². The quantitative estimate of drug-likeness (QED) is 0.489. The van der Waals surface area contributed by atoms with E-state index in [0.717, 1.165) is 6.26 Å². The van der Waals surface area contributed by atoms with E-state index in [2.05, 4.69) is 0 Å². The van der Waals surface area contributed by atoms with E-state index in [4.69, 9.17) is 10.8 Å². The van der Waals surface area contributed by atoms with E-state index in [1.54, 1.807) is 0 Å². The average molecular weight is 260 g/mol. The maximum atomic E-state index is 11.1. The van der Waals surface area contributed by atoms with Crippen molar-refractivity contribution in [1.29, 1.82) is 0 Å². The fourth-order valence-electron chi connectivity index (χ4n) is 0.717. The van der Waals surface area contributed by atoms with Crippen molar-refractivity contribution in [3.05, 3.63) is 0 Å². The third-order valence-corrected chi connectivity index (χ3v) is 5.09. The molecule has 2 unspecified atom stereocenters. The first kappa shape index (κ1) is 14.8. The number of aliphatic hydroxyl groups excluding tert-OH is 1. The molecule has 0 aliphatic heterocycles. The smallest absolute Gasteiger partial charge is 0.226 e. The topological polar surface area (TPSA) is 127 Å². The summed E-state index contributed by atoms with van der Waals surface area (Å²) in [7, 11) is -7.50. The molecule has 0 saturated heterocycles. The summed E-state index contributed by atoms with van der Waals surface area (Å²) in [6.45, 7) is 1.21. The van der Waals surface area contributed by atoms with E-state index >= 15 is 0 Å². The second kappa shape index (κ2) is 5.21. The summed E-state index contributed by atoms with van der Waals surface area (Å²) >= 11 is 0. The molecule has 0 aromatic carbocycles. The number of rotatable bonds is 6. The van der Waals surface area contributed by atoms with Crippen molar-refractivity contribution in [3.8, 4) is 0 Å². The molecular formula is C6H16N2O5S2. The predicted octanol–water partition coefficient (Wildman–Crippen LogP) is -2.38. The fourth-order valence-corrected chi connectivity index (χ4v) is 3.75. The highest BCUT2D eigenvalue weighted by Crippen LogP contribution is 1.93. The van der Waals surface area contributed by atoms with E-state index in [0.29, 0.717) is 0 Å². The molecule has 0 heterocycles. The van der Waals surface area contributed by atoms with Crippen LogP contribution in [-0.2, 0) is 19.9 Å². The normalized spacial score (nSPS) is 17.3. The highest BCUT2D eigenvalue weighted by atomic mass is 32.3. The van der Waals surface area contributed by atoms with Crippen molar-refractivity contribution >= 4 is 19.9 Å². The Morgan fingerprint density at radius 1 is 1.33 bits per heavy atom. The van der Waals surface area contributed by atoms with Crippen LogP contribution < -0.4 is 10.5 Å². The molecule has 0 aliphatic carbocycles. The van der Waals surface area contributed by atoms with Gasteiger partial charge in [0, 0.05) is 18.8 Å². The molecule has 2 atom stereocenters. The Bertz CT molecular complexity index is 386. The summed E-state index contributed by atoms with van der Waals surface area (Å²) in [4.78, 5) is 0. The zero-order chi connectivity index (χ0) is 12.3. The van der Waals surface area contributed by atoms with Gasteiger partial charge in [-0.15, -0.1) is 0 Å². The van der Waals surface area contributed by atoms with Gasteiger partial charge in [0.1, 0.15) is 0 Å². The molecule has 4 N–H and O–H groups in total. The van der Waals surface area contributed by atoms with Crippen molar-refractivity contribution in [1.82, 2.24) is 4.72 Å². The predicted molar refractivity (Wildman–Crippen MR) is 56.3 cm³/mol. The Hall–Kier alpha value is -0.220. The monoisotopic (exact) mass is 260 g/mol. The summed E-state index contributed by atoms with van der Waals surface area (Å²) in [6.07, 6.45) is -0.0492. The van der Waals surface area contributed by atoms with Gasteiger partial charge in [-0.3, -0.25) is 0 Å². The van der Waals surface area contributed by atoms with E-state index in [1.807, 2.05) is 4.72 Å². The van der Waals surface area contributed by atoms with E-state index in [1.165, 1.54) is 6.92 Å². The maximum absolute atomic E-state index is 11.1. The second-order valence-electron chi connectivity index (χ2n) is 3.41. The summed E-state index contributed by atoms with van der Waals surface area (Å²) in [5.41, 5.74) is 5.36. The van der Waals surface area contributed by atoms with Crippen LogP contribution in [0.2, 0.25) is 0 Å². The third-order valence-electron chi connectivity index (χ3n) is 1.53. The minimum absolute atomic E-state index is 0.199. The number of hydrogen-bond acceptors (Lipinski definition) is 6. The molecule has 15 heavy (non-hydrogen) atoms. The Labute approximate surface area is 89.6 Å². The minimum Gasteiger partial charge on any atom is -0.392 e. The molecule has 7 nitrogen and oxygen atoms in total. The molecular weight excluding hydrogens is 244 g/mol. The zero-order valence-corrected chi connectivity index (χ0v) is 10.2. The van der Waals surface area contributed by atoms with Crippen molar-refractivity contribution in [2.45, 2.75) is 19.1 Å². The first-order valence-corrected chi connectivity index (χ1v) is 7.83. The number of aliphatic hydroxyl groups is 1. The van der Waals surface area contributed by atoms with Crippen LogP contribution in [0.5, 0.6) is 0 Å². The minimum atomic E-state index is -3.90. The molecule has 92 valence electrons. The lowest BCUT2D eigenvalue weighted by molar-refractivity contribution is 0.165. The van der Waals surface area contributed by atoms with Gasteiger partial charge in [0.25, 0.3) is 0 Å². The van der Waals surface area contributed by atoms with Crippen molar-refractivity contribution in [3.63, 3.8) is 0 Å². The molecule has 0 aromatic rings. The van der Waals surface area contributed by atoms with Gasteiger partial charge in [0.15, 0.2) is 14.9 Å². The van der Waals surface area contributed by atoms with Crippen LogP contribution in [0.15, 0.2) is 0 Å². The highest BCUT2D eigenvalue weighted by Gasteiger charge is 2.19. The van der Waals surface area contributed by atoms with Crippen molar-refractivity contribution < 1.29 is 21.9 Å². The first-order chi connectivity index (χ1) is 6.53. The Morgan fingerprint density at radius 2 is 1.80 bits per heavy atom. The van der Waals surface area contributed by atoms with E-state index < -0.39 is 37.1 Å². The van der Waals surface area contributed by atoms with Crippen LogP contribution in [0.4, 0.5) is 0 Å². The van der Waals surface area contributed by atoms with Gasteiger partial charge in [0.2, 0.25) is 10.0 Å². The maximum Gasteiger partial charge on any atom is 0.226 e. The molecule has 0 radical (unpaired) electrons. The van der Waals surface area contributed by atoms with Crippen LogP contribution in [0.1, 0.15) is 6.92 Å². The van der Waals surface area contributed by atoms with Gasteiger partial charge in [-0.05, 0) is 6.92 Å². The lowest BCUT2D eigenvalue weighted by atomic mass is 10.2. The van der Waals surface area contributed by atoms with Crippen LogP contribution >= 0.6 is 0 Å². The summed E-state index contributed by atoms with van der Waals surface area (Å²) < 4.78 is 45.7. The van der Waals surface area contributed by atoms with Crippen molar-refractivity contribution in [2.75, 3.05) is 17.9 Å². The Kier molecular flexibility index (Phi) is 5.14. The van der Waals surface area contributed by atoms with Crippen LogP contribution in [0.25, 0.3) is 0 Å². The van der Waals surface area contributed by atoms with Gasteiger partial charge in [-0.25, -0.2) is 21.6 Å². The summed E-state index contributed by atoms with van der Waals surface area (Å²) in [6, 6.07) is -0.765. The Balaban J connectivity index is 4.30. The molecule has 0 fully saturated rings. The van der Waals surface area contributed by atoms with Crippen LogP contribution in [-0.4, -0.2) is 52.0 Å². The molecule has 0 amide bonds. The third kappa shape index (κ3) is 7.68. The molecule has 9 heteroatoms. The van der Waals surface area contributed by atoms with Gasteiger partial charge in [-0.1, -0.05) is 0 Å². The number of nitrogens with one attached hydrogen (secondary N) is 1. The molecule has 0 spiro atoms. The van der Waals surface area contributed by atoms with Crippen LogP contribution in [0.3, 0.4) is 0 Å². The number of sulfonamides is 1. The lowest BCUT2D eigenvalue weighted by Crippen LogP contribution is -2.44. The molecule has 0 bridgehead atoms. The van der Waals surface area contributed by atoms with E-state index in [9.17, 15) is 16.8 Å². The van der Waals surface area contributed by atoms with Gasteiger partial charge in [0.05, 0.1) is 6.10 Å².